The lowest BCUT2D eigenvalue weighted by molar-refractivity contribution is -0.140. The topological polar surface area (TPSA) is 61.4 Å². The Morgan fingerprint density at radius 2 is 1.72 bits per heavy atom. The van der Waals surface area contributed by atoms with Crippen molar-refractivity contribution in [3.05, 3.63) is 34.4 Å². The van der Waals surface area contributed by atoms with Gasteiger partial charge in [0.25, 0.3) is 0 Å². The number of carboxylic acids is 1. The van der Waals surface area contributed by atoms with Gasteiger partial charge in [0.15, 0.2) is 0 Å². The third-order valence-corrected chi connectivity index (χ3v) is 3.67. The predicted octanol–water partition coefficient (Wildman–Crippen LogP) is 1.30. The number of benzene rings is 1. The number of carboxylic acid groups (broad SMARTS) is 1. The van der Waals surface area contributed by atoms with Crippen LogP contribution in [-0.4, -0.2) is 30.2 Å². The molecule has 3 N–H and O–H groups in total. The van der Waals surface area contributed by atoms with Gasteiger partial charge in [0, 0.05) is 13.1 Å². The zero-order valence-corrected chi connectivity index (χ0v) is 11.1. The number of rotatable bonds is 2. The Morgan fingerprint density at radius 1 is 1.11 bits per heavy atom. The van der Waals surface area contributed by atoms with Crippen molar-refractivity contribution in [2.24, 2.45) is 0 Å². The molecule has 4 heteroatoms. The molecule has 0 bridgehead atoms. The zero-order chi connectivity index (χ0) is 13.3. The summed E-state index contributed by atoms with van der Waals surface area (Å²) in [6.45, 7) is 7.66. The molecule has 1 aliphatic heterocycles. The van der Waals surface area contributed by atoms with Gasteiger partial charge in [-0.1, -0.05) is 12.1 Å². The van der Waals surface area contributed by atoms with Gasteiger partial charge >= 0.3 is 5.97 Å². The molecule has 2 atom stereocenters. The van der Waals surface area contributed by atoms with Crippen LogP contribution in [0.2, 0.25) is 0 Å². The first-order valence-electron chi connectivity index (χ1n) is 6.28. The highest BCUT2D eigenvalue weighted by Gasteiger charge is 2.32. The van der Waals surface area contributed by atoms with E-state index in [9.17, 15) is 9.90 Å². The summed E-state index contributed by atoms with van der Waals surface area (Å²) in [5.74, 6) is -0.801. The number of hydrogen-bond donors (Lipinski definition) is 3. The molecule has 0 radical (unpaired) electrons. The van der Waals surface area contributed by atoms with Crippen LogP contribution in [0.4, 0.5) is 0 Å². The maximum atomic E-state index is 11.3. The van der Waals surface area contributed by atoms with E-state index in [-0.39, 0.29) is 6.04 Å². The lowest BCUT2D eigenvalue weighted by Crippen LogP contribution is -2.54. The molecule has 0 spiro atoms. The van der Waals surface area contributed by atoms with E-state index in [0.29, 0.717) is 6.54 Å². The van der Waals surface area contributed by atoms with Crippen LogP contribution >= 0.6 is 0 Å². The van der Waals surface area contributed by atoms with Crippen LogP contribution in [0.1, 0.15) is 28.3 Å². The minimum atomic E-state index is -0.801. The predicted molar refractivity (Wildman–Crippen MR) is 70.8 cm³/mol. The van der Waals surface area contributed by atoms with Crippen molar-refractivity contribution in [3.8, 4) is 0 Å². The average Bonchev–Trinajstić information content (AvgIpc) is 2.34. The molecular formula is C14H20N2O2. The fourth-order valence-corrected chi connectivity index (χ4v) is 2.53. The minimum Gasteiger partial charge on any atom is -0.480 e. The Balaban J connectivity index is 2.39. The Labute approximate surface area is 107 Å². The third-order valence-electron chi connectivity index (χ3n) is 3.67. The monoisotopic (exact) mass is 248 g/mol. The second-order valence-corrected chi connectivity index (χ2v) is 4.99. The van der Waals surface area contributed by atoms with E-state index in [1.807, 2.05) is 6.92 Å². The molecule has 0 amide bonds. The molecule has 0 saturated carbocycles. The van der Waals surface area contributed by atoms with Crippen LogP contribution in [0.5, 0.6) is 0 Å². The number of aryl methyl sites for hydroxylation is 3. The van der Waals surface area contributed by atoms with Gasteiger partial charge in [0.2, 0.25) is 0 Å². The van der Waals surface area contributed by atoms with Crippen LogP contribution in [-0.2, 0) is 4.79 Å². The summed E-state index contributed by atoms with van der Waals surface area (Å²) >= 11 is 0. The number of nitrogens with one attached hydrogen (secondary N) is 2. The van der Waals surface area contributed by atoms with Crippen LogP contribution in [0, 0.1) is 20.8 Å². The van der Waals surface area contributed by atoms with E-state index in [1.54, 1.807) is 0 Å². The first-order chi connectivity index (χ1) is 8.50. The number of hydrogen-bond acceptors (Lipinski definition) is 3. The Kier molecular flexibility index (Phi) is 3.68. The molecule has 1 aliphatic rings. The second kappa shape index (κ2) is 5.08. The highest BCUT2D eigenvalue weighted by Crippen LogP contribution is 2.25. The van der Waals surface area contributed by atoms with Crippen molar-refractivity contribution in [2.75, 3.05) is 13.1 Å². The third kappa shape index (κ3) is 2.40. The average molecular weight is 248 g/mol. The van der Waals surface area contributed by atoms with Crippen molar-refractivity contribution in [2.45, 2.75) is 32.9 Å². The molecule has 4 nitrogen and oxygen atoms in total. The highest BCUT2D eigenvalue weighted by atomic mass is 16.4. The van der Waals surface area contributed by atoms with Gasteiger partial charge in [-0.2, -0.15) is 0 Å². The van der Waals surface area contributed by atoms with E-state index in [2.05, 4.69) is 36.6 Å². The van der Waals surface area contributed by atoms with Crippen molar-refractivity contribution in [1.82, 2.24) is 10.6 Å². The van der Waals surface area contributed by atoms with Gasteiger partial charge in [-0.25, -0.2) is 0 Å². The Hall–Kier alpha value is -1.39. The van der Waals surface area contributed by atoms with Crippen LogP contribution in [0.25, 0.3) is 0 Å². The molecule has 1 fully saturated rings. The van der Waals surface area contributed by atoms with Crippen molar-refractivity contribution >= 4 is 5.97 Å². The smallest absolute Gasteiger partial charge is 0.322 e. The molecule has 98 valence electrons. The van der Waals surface area contributed by atoms with E-state index in [1.165, 1.54) is 11.1 Å². The largest absolute Gasteiger partial charge is 0.480 e. The Morgan fingerprint density at radius 3 is 2.39 bits per heavy atom. The van der Waals surface area contributed by atoms with Crippen LogP contribution in [0.15, 0.2) is 12.1 Å². The molecule has 0 aromatic heterocycles. The maximum Gasteiger partial charge on any atom is 0.322 e. The minimum absolute atomic E-state index is 0.157. The maximum absolute atomic E-state index is 11.3. The van der Waals surface area contributed by atoms with Gasteiger partial charge in [-0.15, -0.1) is 0 Å². The normalized spacial score (nSPS) is 23.9. The number of piperazine rings is 1. The summed E-state index contributed by atoms with van der Waals surface area (Å²) in [7, 11) is 0. The fourth-order valence-electron chi connectivity index (χ4n) is 2.53. The molecule has 0 aliphatic carbocycles. The van der Waals surface area contributed by atoms with Gasteiger partial charge < -0.3 is 15.7 Å². The molecule has 1 aromatic carbocycles. The van der Waals surface area contributed by atoms with E-state index in [4.69, 9.17) is 0 Å². The zero-order valence-electron chi connectivity index (χ0n) is 11.1. The van der Waals surface area contributed by atoms with Gasteiger partial charge in [-0.05, 0) is 43.0 Å². The Bertz CT molecular complexity index is 471. The van der Waals surface area contributed by atoms with Crippen LogP contribution in [0.3, 0.4) is 0 Å². The molecule has 1 saturated heterocycles. The fraction of sp³-hybridized carbons (Fsp3) is 0.500. The highest BCUT2D eigenvalue weighted by molar-refractivity contribution is 5.75. The molecule has 18 heavy (non-hydrogen) atoms. The molecular weight excluding hydrogens is 228 g/mol. The number of aliphatic carboxylic acids is 1. The summed E-state index contributed by atoms with van der Waals surface area (Å²) in [5, 5.41) is 15.7. The van der Waals surface area contributed by atoms with Crippen molar-refractivity contribution in [3.63, 3.8) is 0 Å². The SMILES string of the molecule is Cc1cc(C)c(C2NCCNC2C(=O)O)cc1C. The van der Waals surface area contributed by atoms with E-state index in [0.717, 1.165) is 17.7 Å². The summed E-state index contributed by atoms with van der Waals surface area (Å²) < 4.78 is 0. The molecule has 2 rings (SSSR count). The van der Waals surface area contributed by atoms with Gasteiger partial charge in [0.1, 0.15) is 6.04 Å². The van der Waals surface area contributed by atoms with Crippen molar-refractivity contribution < 1.29 is 9.90 Å². The molecule has 1 heterocycles. The summed E-state index contributed by atoms with van der Waals surface area (Å²) in [5.41, 5.74) is 4.67. The number of carbonyl (C=O) groups is 1. The first kappa shape index (κ1) is 13.1. The van der Waals surface area contributed by atoms with E-state index < -0.39 is 12.0 Å². The summed E-state index contributed by atoms with van der Waals surface area (Å²) in [6, 6.07) is 3.51. The van der Waals surface area contributed by atoms with E-state index >= 15 is 0 Å². The summed E-state index contributed by atoms with van der Waals surface area (Å²) in [6.07, 6.45) is 0. The molecule has 2 unspecified atom stereocenters. The lowest BCUT2D eigenvalue weighted by atomic mass is 9.90. The lowest BCUT2D eigenvalue weighted by Gasteiger charge is -2.32. The van der Waals surface area contributed by atoms with Gasteiger partial charge in [0.05, 0.1) is 6.04 Å². The van der Waals surface area contributed by atoms with Gasteiger partial charge in [-0.3, -0.25) is 4.79 Å². The summed E-state index contributed by atoms with van der Waals surface area (Å²) in [4.78, 5) is 11.3. The molecule has 1 aromatic rings. The first-order valence-corrected chi connectivity index (χ1v) is 6.28. The standard InChI is InChI=1S/C14H20N2O2/c1-8-6-10(3)11(7-9(8)2)12-13(14(17)18)16-5-4-15-12/h6-7,12-13,15-16H,4-5H2,1-3H3,(H,17,18). The van der Waals surface area contributed by atoms with Crippen LogP contribution < -0.4 is 10.6 Å². The second-order valence-electron chi connectivity index (χ2n) is 4.99. The van der Waals surface area contributed by atoms with Crippen molar-refractivity contribution in [1.29, 1.82) is 0 Å². The quantitative estimate of drug-likeness (QED) is 0.738.